The molecule has 0 aromatic heterocycles. The van der Waals surface area contributed by atoms with E-state index in [1.807, 2.05) is 13.0 Å². The van der Waals surface area contributed by atoms with Crippen LogP contribution in [0.5, 0.6) is 0 Å². The number of allylic oxidation sites excluding steroid dienone is 4. The Kier molecular flexibility index (Phi) is 4.82. The summed E-state index contributed by atoms with van der Waals surface area (Å²) in [5, 5.41) is 0. The minimum Gasteiger partial charge on any atom is -0.466 e. The number of rotatable bonds is 3. The summed E-state index contributed by atoms with van der Waals surface area (Å²) in [6.45, 7) is 5.56. The molecule has 0 N–H and O–H groups in total. The molecule has 0 aromatic rings. The Morgan fingerprint density at radius 3 is 2.45 bits per heavy atom. The molecule has 2 heteroatoms. The van der Waals surface area contributed by atoms with Gasteiger partial charge in [0.25, 0.3) is 0 Å². The van der Waals surface area contributed by atoms with E-state index < -0.39 is 0 Å². The van der Waals surface area contributed by atoms with Crippen molar-refractivity contribution in [3.05, 3.63) is 36.5 Å². The molecule has 0 heterocycles. The number of esters is 1. The van der Waals surface area contributed by atoms with Crippen LogP contribution in [0.25, 0.3) is 0 Å². The predicted octanol–water partition coefficient (Wildman–Crippen LogP) is 1.85. The Morgan fingerprint density at radius 2 is 2.00 bits per heavy atom. The van der Waals surface area contributed by atoms with Crippen LogP contribution in [0.15, 0.2) is 36.5 Å². The molecule has 0 bridgehead atoms. The summed E-state index contributed by atoms with van der Waals surface area (Å²) in [4.78, 5) is 10.5. The van der Waals surface area contributed by atoms with E-state index in [-0.39, 0.29) is 5.97 Å². The molecule has 0 aliphatic heterocycles. The summed E-state index contributed by atoms with van der Waals surface area (Å²) in [6, 6.07) is 0. The van der Waals surface area contributed by atoms with E-state index in [0.717, 1.165) is 5.57 Å². The van der Waals surface area contributed by atoms with Gasteiger partial charge in [0.15, 0.2) is 0 Å². The van der Waals surface area contributed by atoms with Crippen molar-refractivity contribution in [2.24, 2.45) is 0 Å². The fourth-order valence-corrected chi connectivity index (χ4v) is 0.513. The summed E-state index contributed by atoms with van der Waals surface area (Å²) in [5.41, 5.74) is 0.776. The van der Waals surface area contributed by atoms with Gasteiger partial charge in [-0.3, -0.25) is 0 Å². The molecule has 2 nitrogen and oxygen atoms in total. The first kappa shape index (κ1) is 9.69. The first-order valence-electron chi connectivity index (χ1n) is 3.28. The quantitative estimate of drug-likeness (QED) is 0.350. The fourth-order valence-electron chi connectivity index (χ4n) is 0.513. The van der Waals surface area contributed by atoms with Crippen LogP contribution in [-0.2, 0) is 9.53 Å². The zero-order valence-corrected chi connectivity index (χ0v) is 6.83. The van der Waals surface area contributed by atoms with Crippen molar-refractivity contribution in [2.75, 3.05) is 7.11 Å². The molecule has 0 spiro atoms. The van der Waals surface area contributed by atoms with E-state index in [1.54, 1.807) is 12.2 Å². The van der Waals surface area contributed by atoms with Crippen molar-refractivity contribution in [3.8, 4) is 0 Å². The molecule has 0 aliphatic rings. The van der Waals surface area contributed by atoms with Crippen molar-refractivity contribution >= 4 is 5.97 Å². The van der Waals surface area contributed by atoms with Gasteiger partial charge in [0.05, 0.1) is 7.11 Å². The molecule has 0 aliphatic carbocycles. The zero-order chi connectivity index (χ0) is 8.69. The van der Waals surface area contributed by atoms with Gasteiger partial charge in [0.2, 0.25) is 0 Å². The lowest BCUT2D eigenvalue weighted by Gasteiger charge is -1.89. The second kappa shape index (κ2) is 5.47. The third kappa shape index (κ3) is 5.15. The highest BCUT2D eigenvalue weighted by Crippen LogP contribution is 1.94. The number of carbonyl (C=O) groups excluding carboxylic acids is 1. The molecule has 0 saturated carbocycles. The van der Waals surface area contributed by atoms with E-state index in [9.17, 15) is 4.79 Å². The SMILES string of the molecule is C=C(C=CC)C=CC(=O)OC. The number of methoxy groups -OCH3 is 1. The van der Waals surface area contributed by atoms with E-state index in [4.69, 9.17) is 0 Å². The molecule has 0 rings (SSSR count). The molecule has 0 atom stereocenters. The van der Waals surface area contributed by atoms with E-state index in [2.05, 4.69) is 11.3 Å². The second-order valence-electron chi connectivity index (χ2n) is 1.93. The second-order valence-corrected chi connectivity index (χ2v) is 1.93. The highest BCUT2D eigenvalue weighted by atomic mass is 16.5. The van der Waals surface area contributed by atoms with Gasteiger partial charge in [-0.2, -0.15) is 0 Å². The average Bonchev–Trinajstić information content (AvgIpc) is 2.01. The number of carbonyl (C=O) groups is 1. The van der Waals surface area contributed by atoms with Gasteiger partial charge < -0.3 is 4.74 Å². The molecule has 11 heavy (non-hydrogen) atoms. The van der Waals surface area contributed by atoms with Crippen LogP contribution in [0.4, 0.5) is 0 Å². The van der Waals surface area contributed by atoms with E-state index in [1.165, 1.54) is 13.2 Å². The Bertz CT molecular complexity index is 200. The molecule has 0 amide bonds. The fraction of sp³-hybridized carbons (Fsp3) is 0.222. The Labute approximate surface area is 66.9 Å². The topological polar surface area (TPSA) is 26.3 Å². The predicted molar refractivity (Wildman–Crippen MR) is 45.1 cm³/mol. The lowest BCUT2D eigenvalue weighted by atomic mass is 10.2. The van der Waals surface area contributed by atoms with Crippen LogP contribution in [-0.4, -0.2) is 13.1 Å². The number of hydrogen-bond acceptors (Lipinski definition) is 2. The average molecular weight is 152 g/mol. The minimum absolute atomic E-state index is 0.365. The van der Waals surface area contributed by atoms with Crippen LogP contribution in [0, 0.1) is 0 Å². The van der Waals surface area contributed by atoms with E-state index >= 15 is 0 Å². The molecular formula is C9H12O2. The lowest BCUT2D eigenvalue weighted by Crippen LogP contribution is -1.93. The smallest absolute Gasteiger partial charge is 0.330 e. The normalized spacial score (nSPS) is 10.7. The molecule has 0 aromatic carbocycles. The van der Waals surface area contributed by atoms with Gasteiger partial charge in [-0.1, -0.05) is 18.7 Å². The Morgan fingerprint density at radius 1 is 1.36 bits per heavy atom. The minimum atomic E-state index is -0.365. The first-order valence-corrected chi connectivity index (χ1v) is 3.28. The maximum absolute atomic E-state index is 10.5. The molecule has 0 radical (unpaired) electrons. The Balaban J connectivity index is 3.93. The molecular weight excluding hydrogens is 140 g/mol. The maximum atomic E-state index is 10.5. The summed E-state index contributed by atoms with van der Waals surface area (Å²) < 4.78 is 4.39. The van der Waals surface area contributed by atoms with Crippen molar-refractivity contribution in [3.63, 3.8) is 0 Å². The molecule has 0 fully saturated rings. The van der Waals surface area contributed by atoms with Gasteiger partial charge in [-0.05, 0) is 18.6 Å². The highest BCUT2D eigenvalue weighted by molar-refractivity contribution is 5.82. The van der Waals surface area contributed by atoms with Crippen molar-refractivity contribution in [1.29, 1.82) is 0 Å². The van der Waals surface area contributed by atoms with Crippen LogP contribution < -0.4 is 0 Å². The monoisotopic (exact) mass is 152 g/mol. The summed E-state index contributed by atoms with van der Waals surface area (Å²) in [6.07, 6.45) is 6.59. The van der Waals surface area contributed by atoms with Crippen LogP contribution in [0.3, 0.4) is 0 Å². The summed E-state index contributed by atoms with van der Waals surface area (Å²) in [7, 11) is 1.34. The van der Waals surface area contributed by atoms with Crippen LogP contribution in [0.2, 0.25) is 0 Å². The zero-order valence-electron chi connectivity index (χ0n) is 6.83. The third-order valence-electron chi connectivity index (χ3n) is 1.02. The third-order valence-corrected chi connectivity index (χ3v) is 1.02. The number of hydrogen-bond donors (Lipinski definition) is 0. The highest BCUT2D eigenvalue weighted by Gasteiger charge is 1.88. The summed E-state index contributed by atoms with van der Waals surface area (Å²) >= 11 is 0. The maximum Gasteiger partial charge on any atom is 0.330 e. The van der Waals surface area contributed by atoms with Gasteiger partial charge in [-0.15, -0.1) is 0 Å². The molecule has 0 saturated heterocycles. The summed E-state index contributed by atoms with van der Waals surface area (Å²) in [5.74, 6) is -0.365. The van der Waals surface area contributed by atoms with Gasteiger partial charge in [0, 0.05) is 6.08 Å². The van der Waals surface area contributed by atoms with Gasteiger partial charge in [0.1, 0.15) is 0 Å². The Hall–Kier alpha value is -1.31. The van der Waals surface area contributed by atoms with E-state index in [0.29, 0.717) is 0 Å². The van der Waals surface area contributed by atoms with Crippen LogP contribution >= 0.6 is 0 Å². The van der Waals surface area contributed by atoms with Crippen molar-refractivity contribution in [1.82, 2.24) is 0 Å². The van der Waals surface area contributed by atoms with Gasteiger partial charge in [-0.25, -0.2) is 4.79 Å². The molecule has 60 valence electrons. The van der Waals surface area contributed by atoms with Crippen molar-refractivity contribution < 1.29 is 9.53 Å². The largest absolute Gasteiger partial charge is 0.466 e. The lowest BCUT2D eigenvalue weighted by molar-refractivity contribution is -0.134. The van der Waals surface area contributed by atoms with Gasteiger partial charge >= 0.3 is 5.97 Å². The number of ether oxygens (including phenoxy) is 1. The first-order chi connectivity index (χ1) is 5.20. The van der Waals surface area contributed by atoms with Crippen molar-refractivity contribution in [2.45, 2.75) is 6.92 Å². The van der Waals surface area contributed by atoms with Crippen LogP contribution in [0.1, 0.15) is 6.92 Å². The molecule has 0 unspecified atom stereocenters. The standard InChI is InChI=1S/C9H12O2/c1-4-5-8(2)6-7-9(10)11-3/h4-7H,2H2,1,3H3.